The molecular weight excluding hydrogens is 769 g/mol. The van der Waals surface area contributed by atoms with Gasteiger partial charge in [0, 0.05) is 52.9 Å². The van der Waals surface area contributed by atoms with E-state index in [-0.39, 0.29) is 110 Å². The van der Waals surface area contributed by atoms with E-state index in [1.807, 2.05) is 72.8 Å². The van der Waals surface area contributed by atoms with Crippen LogP contribution in [0.4, 0.5) is 0 Å². The first-order valence-electron chi connectivity index (χ1n) is 19.5. The predicted octanol–water partition coefficient (Wildman–Crippen LogP) is 9.93. The molecule has 2 aromatic heterocycles. The molecule has 0 spiro atoms. The SMILES string of the molecule is COc1cc2oc3cc(O)c(O)c(CC=C(C)C)c3c(=O)c2c(O)c1C/C=C(/C)CCOc1cc2oc3cc(O)c(O)c(CC=C(C)C)c3c(=O)c2c(O)c1CC=C(C)C. The molecule has 0 amide bonds. The Labute approximate surface area is 345 Å². The number of allylic oxidation sites excluding steroid dienone is 7. The lowest BCUT2D eigenvalue weighted by Crippen LogP contribution is -2.08. The molecule has 6 aromatic rings. The van der Waals surface area contributed by atoms with E-state index >= 15 is 0 Å². The third kappa shape index (κ3) is 8.22. The van der Waals surface area contributed by atoms with Gasteiger partial charge in [0.15, 0.2) is 23.0 Å². The van der Waals surface area contributed by atoms with Crippen molar-refractivity contribution in [3.63, 3.8) is 0 Å². The molecule has 0 atom stereocenters. The standard InChI is InChI=1S/C48H50O12/c1-23(2)9-13-28-34(22-38-42(46(28)54)48(56)40-30(15-11-25(5)6)44(52)32(50)20-36(40)60-38)58-18-17-26(7)12-16-27-33(57-8)21-37-41(45(27)53)47(55)39-29(14-10-24(3)4)43(51)31(49)19-35(39)59-37/h9-12,19-22,49-54H,13-18H2,1-8H3/b26-12-. The molecule has 0 radical (unpaired) electrons. The van der Waals surface area contributed by atoms with Gasteiger partial charge in [-0.05, 0) is 74.1 Å². The third-order valence-corrected chi connectivity index (χ3v) is 10.5. The van der Waals surface area contributed by atoms with Crippen molar-refractivity contribution in [1.29, 1.82) is 0 Å². The highest BCUT2D eigenvalue weighted by Crippen LogP contribution is 2.43. The number of phenols is 6. The van der Waals surface area contributed by atoms with Crippen LogP contribution < -0.4 is 20.3 Å². The van der Waals surface area contributed by atoms with Gasteiger partial charge in [0.25, 0.3) is 0 Å². The van der Waals surface area contributed by atoms with Gasteiger partial charge in [0.2, 0.25) is 10.9 Å². The maximum absolute atomic E-state index is 14.1. The minimum Gasteiger partial charge on any atom is -0.507 e. The van der Waals surface area contributed by atoms with E-state index in [2.05, 4.69) is 0 Å². The molecule has 12 heteroatoms. The largest absolute Gasteiger partial charge is 0.507 e. The third-order valence-electron chi connectivity index (χ3n) is 10.5. The number of phenolic OH excluding ortho intramolecular Hbond substituents is 6. The number of hydrogen-bond acceptors (Lipinski definition) is 12. The Bertz CT molecular complexity index is 2940. The van der Waals surface area contributed by atoms with Crippen LogP contribution in [0.1, 0.15) is 77.1 Å². The van der Waals surface area contributed by atoms with Gasteiger partial charge in [-0.25, -0.2) is 0 Å². The summed E-state index contributed by atoms with van der Waals surface area (Å²) < 4.78 is 24.0. The average molecular weight is 819 g/mol. The Kier molecular flexibility index (Phi) is 12.3. The van der Waals surface area contributed by atoms with Gasteiger partial charge < -0.3 is 48.9 Å². The second-order valence-corrected chi connectivity index (χ2v) is 15.7. The van der Waals surface area contributed by atoms with E-state index in [9.17, 15) is 40.2 Å². The van der Waals surface area contributed by atoms with Crippen LogP contribution in [0.2, 0.25) is 0 Å². The van der Waals surface area contributed by atoms with Gasteiger partial charge in [-0.15, -0.1) is 0 Å². The molecule has 0 aliphatic heterocycles. The van der Waals surface area contributed by atoms with E-state index in [0.29, 0.717) is 17.5 Å². The Morgan fingerprint density at radius 1 is 0.517 bits per heavy atom. The quantitative estimate of drug-likeness (QED) is 0.0367. The molecule has 314 valence electrons. The first-order valence-corrected chi connectivity index (χ1v) is 19.5. The number of benzene rings is 4. The van der Waals surface area contributed by atoms with Crippen LogP contribution in [0.15, 0.2) is 89.3 Å². The van der Waals surface area contributed by atoms with Crippen molar-refractivity contribution in [3.8, 4) is 46.0 Å². The summed E-state index contributed by atoms with van der Waals surface area (Å²) in [6.45, 7) is 13.3. The van der Waals surface area contributed by atoms with Crippen LogP contribution in [0.25, 0.3) is 43.9 Å². The van der Waals surface area contributed by atoms with E-state index in [0.717, 1.165) is 22.3 Å². The van der Waals surface area contributed by atoms with Crippen molar-refractivity contribution >= 4 is 43.9 Å². The summed E-state index contributed by atoms with van der Waals surface area (Å²) in [6, 6.07) is 5.40. The molecule has 12 nitrogen and oxygen atoms in total. The van der Waals surface area contributed by atoms with E-state index in [1.54, 1.807) is 6.07 Å². The number of fused-ring (bicyclic) bond motifs is 4. The lowest BCUT2D eigenvalue weighted by atomic mass is 9.98. The number of hydrogen-bond donors (Lipinski definition) is 6. The highest BCUT2D eigenvalue weighted by Gasteiger charge is 2.25. The van der Waals surface area contributed by atoms with Gasteiger partial charge in [-0.1, -0.05) is 46.6 Å². The second kappa shape index (κ2) is 17.2. The molecule has 0 saturated heterocycles. The fourth-order valence-electron chi connectivity index (χ4n) is 7.17. The minimum atomic E-state index is -0.570. The Morgan fingerprint density at radius 3 is 1.33 bits per heavy atom. The summed E-state index contributed by atoms with van der Waals surface area (Å²) >= 11 is 0. The van der Waals surface area contributed by atoms with Crippen LogP contribution in [0.3, 0.4) is 0 Å². The fraction of sp³-hybridized carbons (Fsp3) is 0.292. The monoisotopic (exact) mass is 818 g/mol. The van der Waals surface area contributed by atoms with Gasteiger partial charge in [0.1, 0.15) is 56.1 Å². The first-order chi connectivity index (χ1) is 28.4. The Morgan fingerprint density at radius 2 is 0.900 bits per heavy atom. The van der Waals surface area contributed by atoms with Gasteiger partial charge in [0.05, 0.1) is 24.5 Å². The number of ether oxygens (including phenoxy) is 2. The molecule has 0 aliphatic rings. The Balaban J connectivity index is 1.34. The summed E-state index contributed by atoms with van der Waals surface area (Å²) in [4.78, 5) is 28.1. The molecule has 6 rings (SSSR count). The molecule has 0 saturated carbocycles. The molecule has 4 aromatic carbocycles. The molecule has 2 heterocycles. The zero-order chi connectivity index (χ0) is 43.7. The highest BCUT2D eigenvalue weighted by molar-refractivity contribution is 5.99. The summed E-state index contributed by atoms with van der Waals surface area (Å²) in [6.07, 6.45) is 8.51. The summed E-state index contributed by atoms with van der Waals surface area (Å²) in [7, 11) is 1.43. The molecule has 6 N–H and O–H groups in total. The van der Waals surface area contributed by atoms with Crippen LogP contribution in [0, 0.1) is 0 Å². The van der Waals surface area contributed by atoms with Crippen LogP contribution in [0.5, 0.6) is 46.0 Å². The molecule has 0 aliphatic carbocycles. The highest BCUT2D eigenvalue weighted by atomic mass is 16.5. The average Bonchev–Trinajstić information content (AvgIpc) is 3.17. The van der Waals surface area contributed by atoms with Crippen LogP contribution >= 0.6 is 0 Å². The van der Waals surface area contributed by atoms with Gasteiger partial charge in [-0.2, -0.15) is 0 Å². The summed E-state index contributed by atoms with van der Waals surface area (Å²) in [5.41, 5.74) is 3.84. The van der Waals surface area contributed by atoms with Crippen LogP contribution in [-0.4, -0.2) is 44.4 Å². The van der Waals surface area contributed by atoms with E-state index < -0.39 is 33.9 Å². The molecule has 60 heavy (non-hydrogen) atoms. The van der Waals surface area contributed by atoms with Gasteiger partial charge >= 0.3 is 0 Å². The maximum atomic E-state index is 14.1. The zero-order valence-electron chi connectivity index (χ0n) is 35.0. The molecular formula is C48H50O12. The Hall–Kier alpha value is -6.82. The minimum absolute atomic E-state index is 0.0404. The van der Waals surface area contributed by atoms with E-state index in [1.165, 1.54) is 25.3 Å². The topological polar surface area (TPSA) is 200 Å². The smallest absolute Gasteiger partial charge is 0.204 e. The second-order valence-electron chi connectivity index (χ2n) is 15.7. The van der Waals surface area contributed by atoms with E-state index in [4.69, 9.17) is 18.3 Å². The molecule has 0 unspecified atom stereocenters. The van der Waals surface area contributed by atoms with Crippen molar-refractivity contribution in [2.24, 2.45) is 0 Å². The zero-order valence-corrected chi connectivity index (χ0v) is 35.0. The van der Waals surface area contributed by atoms with Crippen molar-refractivity contribution in [1.82, 2.24) is 0 Å². The summed E-state index contributed by atoms with van der Waals surface area (Å²) in [5, 5.41) is 65.6. The lowest BCUT2D eigenvalue weighted by molar-refractivity contribution is 0.316. The van der Waals surface area contributed by atoms with Crippen molar-refractivity contribution in [3.05, 3.63) is 114 Å². The molecule has 0 bridgehead atoms. The number of methoxy groups -OCH3 is 1. The summed E-state index contributed by atoms with van der Waals surface area (Å²) in [5.74, 6) is -1.83. The fourth-order valence-corrected chi connectivity index (χ4v) is 7.17. The number of rotatable bonds is 13. The van der Waals surface area contributed by atoms with Gasteiger partial charge in [-0.3, -0.25) is 9.59 Å². The van der Waals surface area contributed by atoms with Crippen molar-refractivity contribution < 1.29 is 48.9 Å². The number of aromatic hydroxyl groups is 6. The maximum Gasteiger partial charge on any atom is 0.204 e. The first kappa shape index (κ1) is 42.8. The van der Waals surface area contributed by atoms with Crippen molar-refractivity contribution in [2.45, 2.75) is 80.6 Å². The molecule has 0 fully saturated rings. The normalized spacial score (nSPS) is 11.7. The lowest BCUT2D eigenvalue weighted by Gasteiger charge is -2.16. The van der Waals surface area contributed by atoms with Crippen molar-refractivity contribution in [2.75, 3.05) is 13.7 Å². The predicted molar refractivity (Wildman–Crippen MR) is 233 cm³/mol. The van der Waals surface area contributed by atoms with Crippen LogP contribution in [-0.2, 0) is 25.7 Å².